The fourth-order valence-electron chi connectivity index (χ4n) is 5.38. The molecule has 2 radical (unpaired) electrons. The average Bonchev–Trinajstić information content (AvgIpc) is 2.89. The Hall–Kier alpha value is -2.29. The largest absolute Gasteiger partial charge is 0.462 e. The molecule has 0 spiro atoms. The molecule has 43 heavy (non-hydrogen) atoms. The standard InChI is InChI=1S/C29H48BFN2O10/c1-8-21-18(6)27(43-24(38)11-16(4)34)26(33-23(37)12-17(5)40-19(7)35)29(42-21)39-13-20-9-14(2)25(28(30)41-20)32-22(36)10-15(3)31/h14-18,20-21,25-29,34H,8-13H2,1-7H3,(H,32,36)(H,33,37)/t14-,15+,16+,17+,18+,20?,21?,25?,26?,27-,28-,29+/m0/s1/i9D/t9-,14-,15+,16+,17+,18+,20?,21?,25?,26?,27-,28-,29+. The van der Waals surface area contributed by atoms with E-state index in [1.54, 1.807) is 13.8 Å². The summed E-state index contributed by atoms with van der Waals surface area (Å²) >= 11 is 0. The molecule has 2 amide bonds. The second-order valence-electron chi connectivity index (χ2n) is 11.6. The van der Waals surface area contributed by atoms with E-state index in [1.165, 1.54) is 20.8 Å². The molecule has 4 unspecified atom stereocenters. The summed E-state index contributed by atoms with van der Waals surface area (Å²) in [6.07, 6.45) is -7.48. The Morgan fingerprint density at radius 2 is 1.70 bits per heavy atom. The van der Waals surface area contributed by atoms with Gasteiger partial charge in [0, 0.05) is 26.3 Å². The molecular weight excluding hydrogens is 566 g/mol. The van der Waals surface area contributed by atoms with Gasteiger partial charge in [0.15, 0.2) is 6.29 Å². The number of amides is 2. The van der Waals surface area contributed by atoms with E-state index in [9.17, 15) is 28.7 Å². The Morgan fingerprint density at radius 3 is 2.28 bits per heavy atom. The number of aliphatic hydroxyl groups excluding tert-OH is 1. The van der Waals surface area contributed by atoms with Crippen LogP contribution in [0.25, 0.3) is 0 Å². The SMILES string of the molecule is [2H][C@@H]1C(CO[C@@H]2OC(CC)[C@@H](C)[C@H](OC(=O)C[C@@H](C)O)C2NC(=O)C[C@@H](C)OC(C)=O)O[C@H]([B])C(NC(=O)C[C@@H](C)F)[C@H]1C. The second kappa shape index (κ2) is 17.3. The van der Waals surface area contributed by atoms with Crippen LogP contribution in [-0.2, 0) is 42.9 Å². The molecular formula is C29H48BFN2O10. The number of carbonyl (C=O) groups excluding carboxylic acids is 4. The number of nitrogens with one attached hydrogen (secondary N) is 2. The van der Waals surface area contributed by atoms with Crippen LogP contribution in [0.15, 0.2) is 0 Å². The smallest absolute Gasteiger partial charge is 0.308 e. The van der Waals surface area contributed by atoms with E-state index in [-0.39, 0.29) is 31.8 Å². The van der Waals surface area contributed by atoms with E-state index >= 15 is 0 Å². The van der Waals surface area contributed by atoms with Crippen molar-refractivity contribution in [2.75, 3.05) is 6.61 Å². The highest BCUT2D eigenvalue weighted by atomic mass is 19.1. The van der Waals surface area contributed by atoms with Crippen molar-refractivity contribution < 1.29 is 53.7 Å². The first-order chi connectivity index (χ1) is 20.5. The number of aliphatic hydroxyl groups is 1. The van der Waals surface area contributed by atoms with Crippen molar-refractivity contribution in [3.63, 3.8) is 0 Å². The summed E-state index contributed by atoms with van der Waals surface area (Å²) in [7, 11) is 6.19. The maximum Gasteiger partial charge on any atom is 0.308 e. The first-order valence-electron chi connectivity index (χ1n) is 15.5. The predicted octanol–water partition coefficient (Wildman–Crippen LogP) is 1.44. The molecule has 0 aliphatic carbocycles. The minimum atomic E-state index is -1.34. The van der Waals surface area contributed by atoms with Gasteiger partial charge in [0.05, 0.1) is 44.2 Å². The minimum Gasteiger partial charge on any atom is -0.462 e. The number of alkyl halides is 1. The molecule has 0 aromatic carbocycles. The summed E-state index contributed by atoms with van der Waals surface area (Å²) in [5.41, 5.74) is 0. The summed E-state index contributed by atoms with van der Waals surface area (Å²) < 4.78 is 51.0. The van der Waals surface area contributed by atoms with Crippen LogP contribution in [0.1, 0.15) is 81.9 Å². The Kier molecular flexibility index (Phi) is 14.1. The fraction of sp³-hybridized carbons (Fsp3) is 0.862. The summed E-state index contributed by atoms with van der Waals surface area (Å²) in [5.74, 6) is -3.12. The maximum atomic E-state index is 13.3. The molecule has 0 saturated carbocycles. The van der Waals surface area contributed by atoms with Crippen molar-refractivity contribution >= 4 is 31.6 Å². The molecule has 2 fully saturated rings. The van der Waals surface area contributed by atoms with Crippen LogP contribution in [0.4, 0.5) is 4.39 Å². The zero-order valence-electron chi connectivity index (χ0n) is 27.1. The topological polar surface area (TPSA) is 159 Å². The van der Waals surface area contributed by atoms with Gasteiger partial charge in [0.1, 0.15) is 32.3 Å². The van der Waals surface area contributed by atoms with Crippen molar-refractivity contribution in [3.05, 3.63) is 0 Å². The Morgan fingerprint density at radius 1 is 1.07 bits per heavy atom. The molecule has 2 aliphatic rings. The molecule has 2 rings (SSSR count). The van der Waals surface area contributed by atoms with Gasteiger partial charge < -0.3 is 39.4 Å². The quantitative estimate of drug-likeness (QED) is 0.193. The van der Waals surface area contributed by atoms with Crippen molar-refractivity contribution in [2.45, 2.75) is 142 Å². The maximum absolute atomic E-state index is 13.3. The van der Waals surface area contributed by atoms with Gasteiger partial charge in [-0.05, 0) is 39.5 Å². The van der Waals surface area contributed by atoms with Crippen LogP contribution >= 0.6 is 0 Å². The fourth-order valence-corrected chi connectivity index (χ4v) is 5.38. The molecule has 0 bridgehead atoms. The van der Waals surface area contributed by atoms with Crippen molar-refractivity contribution in [2.24, 2.45) is 11.8 Å². The van der Waals surface area contributed by atoms with E-state index in [1.807, 2.05) is 13.8 Å². The highest BCUT2D eigenvalue weighted by Crippen LogP contribution is 2.32. The Labute approximate surface area is 256 Å². The van der Waals surface area contributed by atoms with Gasteiger partial charge in [0.2, 0.25) is 11.8 Å². The zero-order valence-corrected chi connectivity index (χ0v) is 26.1. The molecule has 244 valence electrons. The van der Waals surface area contributed by atoms with Crippen LogP contribution in [0.3, 0.4) is 0 Å². The molecule has 2 saturated heterocycles. The van der Waals surface area contributed by atoms with Gasteiger partial charge in [-0.2, -0.15) is 0 Å². The van der Waals surface area contributed by atoms with Gasteiger partial charge in [-0.25, -0.2) is 4.39 Å². The molecule has 0 aromatic rings. The Balaban J connectivity index is 2.24. The van der Waals surface area contributed by atoms with Crippen molar-refractivity contribution in [1.29, 1.82) is 0 Å². The third-order valence-electron chi connectivity index (χ3n) is 7.35. The number of ether oxygens (including phenoxy) is 5. The van der Waals surface area contributed by atoms with E-state index in [4.69, 9.17) is 32.9 Å². The number of rotatable bonds is 14. The average molecular weight is 616 g/mol. The first-order valence-corrected chi connectivity index (χ1v) is 14.9. The normalized spacial score (nSPS) is 35.0. The predicted molar refractivity (Wildman–Crippen MR) is 153 cm³/mol. The van der Waals surface area contributed by atoms with Crippen LogP contribution in [0.5, 0.6) is 0 Å². The highest BCUT2D eigenvalue weighted by molar-refractivity contribution is 6.11. The van der Waals surface area contributed by atoms with Crippen LogP contribution < -0.4 is 10.6 Å². The third-order valence-corrected chi connectivity index (χ3v) is 7.35. The zero-order chi connectivity index (χ0) is 33.3. The Bertz CT molecular complexity index is 978. The van der Waals surface area contributed by atoms with E-state index < -0.39 is 97.1 Å². The van der Waals surface area contributed by atoms with Gasteiger partial charge in [0.25, 0.3) is 0 Å². The number of hydrogen-bond acceptors (Lipinski definition) is 10. The van der Waals surface area contributed by atoms with E-state index in [0.29, 0.717) is 6.42 Å². The summed E-state index contributed by atoms with van der Waals surface area (Å²) in [4.78, 5) is 49.2. The minimum absolute atomic E-state index is 0.177. The van der Waals surface area contributed by atoms with E-state index in [0.717, 1.165) is 0 Å². The lowest BCUT2D eigenvalue weighted by molar-refractivity contribution is -0.263. The summed E-state index contributed by atoms with van der Waals surface area (Å²) in [5, 5.41) is 15.2. The highest BCUT2D eigenvalue weighted by Gasteiger charge is 2.47. The van der Waals surface area contributed by atoms with Crippen molar-refractivity contribution in [1.82, 2.24) is 10.6 Å². The molecule has 13 atom stereocenters. The third kappa shape index (κ3) is 12.0. The van der Waals surface area contributed by atoms with Crippen LogP contribution in [0, 0.1) is 11.8 Å². The van der Waals surface area contributed by atoms with Crippen LogP contribution in [-0.4, -0.2) is 104 Å². The van der Waals surface area contributed by atoms with Crippen LogP contribution in [0.2, 0.25) is 0 Å². The van der Waals surface area contributed by atoms with Gasteiger partial charge >= 0.3 is 11.9 Å². The summed E-state index contributed by atoms with van der Waals surface area (Å²) in [6.45, 7) is 10.8. The van der Waals surface area contributed by atoms with Gasteiger partial charge in [-0.1, -0.05) is 20.8 Å². The van der Waals surface area contributed by atoms with Gasteiger partial charge in [-0.3, -0.25) is 19.2 Å². The second-order valence-corrected chi connectivity index (χ2v) is 11.6. The van der Waals surface area contributed by atoms with Crippen molar-refractivity contribution in [3.8, 4) is 0 Å². The lowest BCUT2D eigenvalue weighted by atomic mass is 9.79. The molecule has 2 aliphatic heterocycles. The van der Waals surface area contributed by atoms with Gasteiger partial charge in [-0.15, -0.1) is 0 Å². The number of halogens is 1. The molecule has 2 heterocycles. The molecule has 12 nitrogen and oxygen atoms in total. The van der Waals surface area contributed by atoms with E-state index in [2.05, 4.69) is 10.6 Å². The molecule has 0 aromatic heterocycles. The molecule has 14 heteroatoms. The summed E-state index contributed by atoms with van der Waals surface area (Å²) in [6, 6.07) is -2.72. The molecule has 3 N–H and O–H groups in total. The lowest BCUT2D eigenvalue weighted by Gasteiger charge is -2.46. The number of esters is 2. The lowest BCUT2D eigenvalue weighted by Crippen LogP contribution is -2.63. The number of carbonyl (C=O) groups is 4. The monoisotopic (exact) mass is 615 g/mol. The first kappa shape index (κ1) is 35.2. The number of hydrogen-bond donors (Lipinski definition) is 3.